The summed E-state index contributed by atoms with van der Waals surface area (Å²) in [6.07, 6.45) is 5.50. The Morgan fingerprint density at radius 2 is 1.86 bits per heavy atom. The number of anilines is 3. The van der Waals surface area contributed by atoms with Gasteiger partial charge in [0.1, 0.15) is 0 Å². The van der Waals surface area contributed by atoms with Crippen LogP contribution in [-0.2, 0) is 21.2 Å². The van der Waals surface area contributed by atoms with Gasteiger partial charge in [-0.3, -0.25) is 4.79 Å². The number of carbonyl (C=O) groups is 1. The van der Waals surface area contributed by atoms with Crippen LogP contribution >= 0.6 is 0 Å². The Hall–Kier alpha value is -3.81. The first-order valence-electron chi connectivity index (χ1n) is 11.9. The molecule has 0 radical (unpaired) electrons. The van der Waals surface area contributed by atoms with Gasteiger partial charge in [0.05, 0.1) is 29.2 Å². The molecule has 10 heteroatoms. The average Bonchev–Trinajstić information content (AvgIpc) is 3.35. The molecule has 1 aromatic heterocycles. The van der Waals surface area contributed by atoms with E-state index < -0.39 is 10.0 Å². The van der Waals surface area contributed by atoms with Crippen LogP contribution in [0.15, 0.2) is 59.6 Å². The van der Waals surface area contributed by atoms with Gasteiger partial charge < -0.3 is 15.5 Å². The van der Waals surface area contributed by atoms with Crippen molar-refractivity contribution in [3.63, 3.8) is 0 Å². The number of para-hydroxylation sites is 1. The highest BCUT2D eigenvalue weighted by molar-refractivity contribution is 7.89. The maximum absolute atomic E-state index is 13.4. The summed E-state index contributed by atoms with van der Waals surface area (Å²) in [7, 11) is -3.71. The first-order valence-corrected chi connectivity index (χ1v) is 13.4. The van der Waals surface area contributed by atoms with E-state index in [1.807, 2.05) is 24.3 Å². The van der Waals surface area contributed by atoms with E-state index in [9.17, 15) is 13.2 Å². The van der Waals surface area contributed by atoms with Gasteiger partial charge in [-0.05, 0) is 43.2 Å². The molecule has 3 aromatic rings. The van der Waals surface area contributed by atoms with Gasteiger partial charge in [0.15, 0.2) is 0 Å². The molecule has 9 nitrogen and oxygen atoms in total. The second-order valence-corrected chi connectivity index (χ2v) is 10.8. The molecule has 5 rings (SSSR count). The number of amides is 1. The third kappa shape index (κ3) is 4.80. The maximum atomic E-state index is 13.4. The summed E-state index contributed by atoms with van der Waals surface area (Å²) in [6, 6.07) is 13.9. The van der Waals surface area contributed by atoms with Crippen LogP contribution in [0.3, 0.4) is 0 Å². The van der Waals surface area contributed by atoms with Crippen molar-refractivity contribution < 1.29 is 13.2 Å². The Balaban J connectivity index is 1.39. The molecule has 0 saturated heterocycles. The SMILES string of the molecule is [C-]#[N+]CCN(C1CCCC1)S(=O)(=O)c1ccc(Nc2ncc3c(n2)-c2ccccc2NC(=O)C3)cc1. The Morgan fingerprint density at radius 3 is 2.61 bits per heavy atom. The van der Waals surface area contributed by atoms with Crippen LogP contribution in [0.2, 0.25) is 0 Å². The van der Waals surface area contributed by atoms with Crippen LogP contribution in [0.1, 0.15) is 31.2 Å². The molecule has 0 unspecified atom stereocenters. The zero-order chi connectivity index (χ0) is 25.1. The monoisotopic (exact) mass is 502 g/mol. The molecule has 0 spiro atoms. The summed E-state index contributed by atoms with van der Waals surface area (Å²) < 4.78 is 28.3. The molecule has 0 bridgehead atoms. The van der Waals surface area contributed by atoms with Crippen LogP contribution in [0.4, 0.5) is 17.3 Å². The molecular weight excluding hydrogens is 476 g/mol. The number of sulfonamides is 1. The lowest BCUT2D eigenvalue weighted by Gasteiger charge is -2.26. The summed E-state index contributed by atoms with van der Waals surface area (Å²) in [5, 5.41) is 6.03. The van der Waals surface area contributed by atoms with E-state index in [0.717, 1.165) is 36.8 Å². The Labute approximate surface area is 210 Å². The minimum Gasteiger partial charge on any atom is -0.325 e. The predicted molar refractivity (Wildman–Crippen MR) is 137 cm³/mol. The van der Waals surface area contributed by atoms with Crippen LogP contribution in [0, 0.1) is 6.57 Å². The van der Waals surface area contributed by atoms with Gasteiger partial charge in [0.25, 0.3) is 0 Å². The van der Waals surface area contributed by atoms with Crippen molar-refractivity contribution in [2.75, 3.05) is 23.7 Å². The molecule has 36 heavy (non-hydrogen) atoms. The van der Waals surface area contributed by atoms with Crippen LogP contribution in [0.5, 0.6) is 0 Å². The largest absolute Gasteiger partial charge is 0.325 e. The van der Waals surface area contributed by atoms with E-state index in [2.05, 4.69) is 25.4 Å². The van der Waals surface area contributed by atoms with E-state index in [1.165, 1.54) is 4.31 Å². The van der Waals surface area contributed by atoms with Crippen LogP contribution < -0.4 is 10.6 Å². The van der Waals surface area contributed by atoms with Gasteiger partial charge in [-0.25, -0.2) is 25.0 Å². The van der Waals surface area contributed by atoms with Gasteiger partial charge >= 0.3 is 0 Å². The Kier molecular flexibility index (Phi) is 6.67. The lowest BCUT2D eigenvalue weighted by Crippen LogP contribution is -2.40. The number of carbonyl (C=O) groups excluding carboxylic acids is 1. The van der Waals surface area contributed by atoms with Gasteiger partial charge in [0.2, 0.25) is 28.4 Å². The number of fused-ring (bicyclic) bond motifs is 3. The molecule has 2 heterocycles. The van der Waals surface area contributed by atoms with Crippen molar-refractivity contribution >= 4 is 33.3 Å². The summed E-state index contributed by atoms with van der Waals surface area (Å²) in [4.78, 5) is 24.8. The second kappa shape index (κ2) is 10.0. The van der Waals surface area contributed by atoms with Gasteiger partial charge in [-0.15, -0.1) is 0 Å². The highest BCUT2D eigenvalue weighted by atomic mass is 32.2. The van der Waals surface area contributed by atoms with E-state index in [1.54, 1.807) is 30.5 Å². The fourth-order valence-electron chi connectivity index (χ4n) is 4.81. The van der Waals surface area contributed by atoms with Crippen LogP contribution in [0.25, 0.3) is 16.1 Å². The number of nitrogens with one attached hydrogen (secondary N) is 2. The normalized spacial score (nSPS) is 15.5. The molecule has 1 amide bonds. The number of rotatable bonds is 7. The van der Waals surface area contributed by atoms with E-state index in [0.29, 0.717) is 23.0 Å². The van der Waals surface area contributed by atoms with E-state index >= 15 is 0 Å². The Morgan fingerprint density at radius 1 is 1.11 bits per heavy atom. The fourth-order valence-corrected chi connectivity index (χ4v) is 6.49. The molecule has 1 aliphatic heterocycles. The molecule has 1 fully saturated rings. The molecule has 1 aliphatic carbocycles. The average molecular weight is 503 g/mol. The van der Waals surface area contributed by atoms with Crippen molar-refractivity contribution in [3.05, 3.63) is 71.7 Å². The smallest absolute Gasteiger partial charge is 0.243 e. The summed E-state index contributed by atoms with van der Waals surface area (Å²) in [6.45, 7) is 7.45. The summed E-state index contributed by atoms with van der Waals surface area (Å²) in [5.41, 5.74) is 3.56. The molecule has 2 aromatic carbocycles. The molecule has 0 atom stereocenters. The van der Waals surface area contributed by atoms with Gasteiger partial charge in [-0.1, -0.05) is 31.0 Å². The topological polar surface area (TPSA) is 109 Å². The van der Waals surface area contributed by atoms with Crippen LogP contribution in [-0.4, -0.2) is 47.7 Å². The van der Waals surface area contributed by atoms with E-state index in [4.69, 9.17) is 6.57 Å². The highest BCUT2D eigenvalue weighted by Gasteiger charge is 2.33. The zero-order valence-corrected chi connectivity index (χ0v) is 20.5. The van der Waals surface area contributed by atoms with E-state index in [-0.39, 0.29) is 36.4 Å². The standard InChI is InChI=1S/C26H26N6O3S/c1-27-14-15-32(20-6-2-3-7-20)36(34,35)21-12-10-19(11-13-21)29-26-28-17-18-16-24(33)30-23-9-5-4-8-22(23)25(18)31-26/h4-5,8-13,17,20H,2-3,6-7,14-16H2,(H,30,33)(H,28,29,31). The first-order chi connectivity index (χ1) is 17.5. The summed E-state index contributed by atoms with van der Waals surface area (Å²) >= 11 is 0. The van der Waals surface area contributed by atoms with Gasteiger partial charge in [-0.2, -0.15) is 4.31 Å². The molecular formula is C26H26N6O3S. The minimum absolute atomic E-state index is 0.0493. The molecule has 2 aliphatic rings. The van der Waals surface area contributed by atoms with Crippen molar-refractivity contribution in [2.24, 2.45) is 0 Å². The van der Waals surface area contributed by atoms with Crippen molar-refractivity contribution in [1.29, 1.82) is 0 Å². The molecule has 1 saturated carbocycles. The lowest BCUT2D eigenvalue weighted by molar-refractivity contribution is -0.115. The van der Waals surface area contributed by atoms with Crippen molar-refractivity contribution in [3.8, 4) is 11.3 Å². The van der Waals surface area contributed by atoms with Crippen molar-refractivity contribution in [1.82, 2.24) is 14.3 Å². The highest BCUT2D eigenvalue weighted by Crippen LogP contribution is 2.33. The predicted octanol–water partition coefficient (Wildman–Crippen LogP) is 4.23. The lowest BCUT2D eigenvalue weighted by atomic mass is 10.1. The van der Waals surface area contributed by atoms with Crippen molar-refractivity contribution in [2.45, 2.75) is 43.0 Å². The van der Waals surface area contributed by atoms with Gasteiger partial charge in [0, 0.05) is 29.1 Å². The molecule has 2 N–H and O–H groups in total. The number of benzene rings is 2. The fraction of sp³-hybridized carbons (Fsp3) is 0.308. The maximum Gasteiger partial charge on any atom is 0.243 e. The molecule has 184 valence electrons. The summed E-state index contributed by atoms with van der Waals surface area (Å²) in [5.74, 6) is 0.225. The Bertz CT molecular complexity index is 1430. The number of aromatic nitrogens is 2. The third-order valence-electron chi connectivity index (χ3n) is 6.55. The number of nitrogens with zero attached hydrogens (tertiary/aromatic N) is 4. The zero-order valence-electron chi connectivity index (χ0n) is 19.6. The quantitative estimate of drug-likeness (QED) is 0.468. The second-order valence-electron chi connectivity index (χ2n) is 8.92. The number of hydrogen-bond donors (Lipinski definition) is 2. The third-order valence-corrected chi connectivity index (χ3v) is 8.52. The minimum atomic E-state index is -3.71. The number of hydrogen-bond acceptors (Lipinski definition) is 6. The first kappa shape index (κ1) is 23.9.